The van der Waals surface area contributed by atoms with Crippen LogP contribution in [0.15, 0.2) is 59.5 Å². The van der Waals surface area contributed by atoms with Gasteiger partial charge in [0, 0.05) is 12.2 Å². The van der Waals surface area contributed by atoms with Crippen molar-refractivity contribution in [3.8, 4) is 0 Å². The predicted octanol–water partition coefficient (Wildman–Crippen LogP) is 0.775. The second-order valence-electron chi connectivity index (χ2n) is 5.11. The summed E-state index contributed by atoms with van der Waals surface area (Å²) < 4.78 is 29.8. The van der Waals surface area contributed by atoms with Gasteiger partial charge in [0.2, 0.25) is 9.84 Å². The first kappa shape index (κ1) is 18.1. The Morgan fingerprint density at radius 2 is 1.75 bits per heavy atom. The van der Waals surface area contributed by atoms with E-state index >= 15 is 0 Å². The van der Waals surface area contributed by atoms with Gasteiger partial charge >= 0.3 is 5.17 Å². The highest BCUT2D eigenvalue weighted by molar-refractivity contribution is 7.91. The standard InChI is InChI=1S/C17H18N2O3S2/c1-13-8-10-14(11-9-13)16(19-17(23)22-2)18-12-24(20,21)15-6-4-3-5-7-15/h3-11H,12H2,1-2H3,(H,18,19,23)/p+1. The molecule has 0 saturated heterocycles. The molecule has 24 heavy (non-hydrogen) atoms. The topological polar surface area (TPSA) is 69.4 Å². The SMILES string of the molecule is COC(=S)NC(=[NH+]CS(=O)(=O)c1ccccc1)c1ccc(C)cc1. The first-order valence-electron chi connectivity index (χ1n) is 7.23. The zero-order valence-corrected chi connectivity index (χ0v) is 15.1. The van der Waals surface area contributed by atoms with E-state index in [1.807, 2.05) is 31.2 Å². The lowest BCUT2D eigenvalue weighted by atomic mass is 10.1. The Bertz CT molecular complexity index is 830. The molecule has 7 heteroatoms. The normalized spacial score (nSPS) is 11.8. The summed E-state index contributed by atoms with van der Waals surface area (Å²) in [5.41, 5.74) is 1.88. The molecule has 2 N–H and O–H groups in total. The summed E-state index contributed by atoms with van der Waals surface area (Å²) in [6, 6.07) is 15.9. The predicted molar refractivity (Wildman–Crippen MR) is 97.5 cm³/mol. The average molecular weight is 363 g/mol. The molecule has 0 fully saturated rings. The summed E-state index contributed by atoms with van der Waals surface area (Å²) in [6.45, 7) is 1.98. The van der Waals surface area contributed by atoms with E-state index in [0.717, 1.165) is 11.1 Å². The summed E-state index contributed by atoms with van der Waals surface area (Å²) in [5, 5.41) is 3.03. The van der Waals surface area contributed by atoms with Crippen LogP contribution in [0.1, 0.15) is 11.1 Å². The highest BCUT2D eigenvalue weighted by Crippen LogP contribution is 2.07. The van der Waals surface area contributed by atoms with E-state index in [9.17, 15) is 8.42 Å². The Morgan fingerprint density at radius 3 is 2.33 bits per heavy atom. The van der Waals surface area contributed by atoms with Crippen LogP contribution in [0, 0.1) is 6.92 Å². The molecule has 2 rings (SSSR count). The molecule has 0 unspecified atom stereocenters. The first-order valence-corrected chi connectivity index (χ1v) is 9.29. The molecule has 2 aromatic carbocycles. The number of thiocarbonyl (C=S) groups is 1. The van der Waals surface area contributed by atoms with Crippen molar-refractivity contribution in [2.75, 3.05) is 13.0 Å². The molecule has 5 nitrogen and oxygen atoms in total. The summed E-state index contributed by atoms with van der Waals surface area (Å²) in [7, 11) is -2.02. The Labute approximate surface area is 147 Å². The van der Waals surface area contributed by atoms with Gasteiger partial charge in [-0.1, -0.05) is 35.9 Å². The fraction of sp³-hybridized carbons (Fsp3) is 0.176. The van der Waals surface area contributed by atoms with Crippen LogP contribution < -0.4 is 10.3 Å². The molecule has 0 bridgehead atoms. The van der Waals surface area contributed by atoms with Gasteiger partial charge in [-0.2, -0.15) is 5.32 Å². The Kier molecular flexibility index (Phi) is 6.05. The third-order valence-corrected chi connectivity index (χ3v) is 5.08. The number of aryl methyl sites for hydroxylation is 1. The molecule has 0 amide bonds. The van der Waals surface area contributed by atoms with Crippen LogP contribution in [0.2, 0.25) is 0 Å². The summed E-state index contributed by atoms with van der Waals surface area (Å²) in [4.78, 5) is 3.17. The van der Waals surface area contributed by atoms with Crippen molar-refractivity contribution in [3.63, 3.8) is 0 Å². The number of hydrogen-bond donors (Lipinski definition) is 2. The number of hydrogen-bond acceptors (Lipinski definition) is 4. The minimum absolute atomic E-state index is 0.148. The summed E-state index contributed by atoms with van der Waals surface area (Å²) >= 11 is 5.01. The minimum Gasteiger partial charge on any atom is -0.457 e. The van der Waals surface area contributed by atoms with Gasteiger partial charge in [-0.15, -0.1) is 0 Å². The maximum atomic E-state index is 12.4. The van der Waals surface area contributed by atoms with Crippen molar-refractivity contribution in [1.29, 1.82) is 0 Å². The molecular formula is C17H19N2O3S2+. The molecule has 0 aliphatic rings. The lowest BCUT2D eigenvalue weighted by Gasteiger charge is -2.05. The number of methoxy groups -OCH3 is 1. The quantitative estimate of drug-likeness (QED) is 0.477. The van der Waals surface area contributed by atoms with Gasteiger partial charge < -0.3 is 4.74 Å². The molecule has 0 radical (unpaired) electrons. The van der Waals surface area contributed by atoms with Gasteiger partial charge in [-0.25, -0.2) is 8.42 Å². The van der Waals surface area contributed by atoms with Crippen molar-refractivity contribution < 1.29 is 18.1 Å². The molecule has 0 heterocycles. The molecule has 0 spiro atoms. The van der Waals surface area contributed by atoms with E-state index in [-0.39, 0.29) is 15.9 Å². The van der Waals surface area contributed by atoms with Gasteiger partial charge in [0.05, 0.1) is 17.6 Å². The Morgan fingerprint density at radius 1 is 1.12 bits per heavy atom. The fourth-order valence-corrected chi connectivity index (χ4v) is 3.14. The van der Waals surface area contributed by atoms with E-state index in [0.29, 0.717) is 5.84 Å². The number of benzene rings is 2. The Balaban J connectivity index is 2.31. The van der Waals surface area contributed by atoms with Gasteiger partial charge in [0.15, 0.2) is 5.88 Å². The van der Waals surface area contributed by atoms with Gasteiger partial charge in [0.1, 0.15) is 0 Å². The van der Waals surface area contributed by atoms with Crippen LogP contribution in [-0.4, -0.2) is 32.4 Å². The van der Waals surface area contributed by atoms with Crippen LogP contribution >= 0.6 is 12.2 Å². The number of ether oxygens (including phenoxy) is 1. The van der Waals surface area contributed by atoms with Crippen LogP contribution in [0.5, 0.6) is 0 Å². The molecule has 0 aliphatic heterocycles. The van der Waals surface area contributed by atoms with Crippen molar-refractivity contribution in [3.05, 3.63) is 65.7 Å². The second kappa shape index (κ2) is 8.03. The molecule has 0 aliphatic carbocycles. The van der Waals surface area contributed by atoms with Gasteiger partial charge in [-0.05, 0) is 31.2 Å². The maximum Gasteiger partial charge on any atom is 0.353 e. The Hall–Kier alpha value is -2.25. The third-order valence-electron chi connectivity index (χ3n) is 3.29. The lowest BCUT2D eigenvalue weighted by molar-refractivity contribution is -0.435. The highest BCUT2D eigenvalue weighted by atomic mass is 32.2. The van der Waals surface area contributed by atoms with Gasteiger partial charge in [-0.3, -0.25) is 4.99 Å². The number of rotatable bonds is 4. The molecule has 0 atom stereocenters. The highest BCUT2D eigenvalue weighted by Gasteiger charge is 2.18. The summed E-state index contributed by atoms with van der Waals surface area (Å²) in [5.74, 6) is 0.209. The first-order chi connectivity index (χ1) is 11.4. The van der Waals surface area contributed by atoms with Crippen LogP contribution in [0.3, 0.4) is 0 Å². The van der Waals surface area contributed by atoms with Crippen LogP contribution in [0.25, 0.3) is 0 Å². The molecule has 126 valence electrons. The average Bonchev–Trinajstić information content (AvgIpc) is 2.60. The minimum atomic E-state index is -3.47. The largest absolute Gasteiger partial charge is 0.457 e. The van der Waals surface area contributed by atoms with E-state index in [2.05, 4.69) is 10.3 Å². The zero-order valence-electron chi connectivity index (χ0n) is 13.4. The number of nitrogens with one attached hydrogen (secondary N) is 2. The van der Waals surface area contributed by atoms with Crippen molar-refractivity contribution in [2.24, 2.45) is 0 Å². The van der Waals surface area contributed by atoms with E-state index in [1.165, 1.54) is 7.11 Å². The van der Waals surface area contributed by atoms with Crippen molar-refractivity contribution in [2.45, 2.75) is 11.8 Å². The van der Waals surface area contributed by atoms with Crippen LogP contribution in [0.4, 0.5) is 0 Å². The molecule has 2 aromatic rings. The molecular weight excluding hydrogens is 344 g/mol. The van der Waals surface area contributed by atoms with E-state index in [1.54, 1.807) is 30.3 Å². The van der Waals surface area contributed by atoms with Crippen molar-refractivity contribution in [1.82, 2.24) is 5.32 Å². The van der Waals surface area contributed by atoms with Crippen molar-refractivity contribution >= 4 is 33.1 Å². The van der Waals surface area contributed by atoms with E-state index < -0.39 is 9.84 Å². The molecule has 0 aromatic heterocycles. The monoisotopic (exact) mass is 363 g/mol. The lowest BCUT2D eigenvalue weighted by Crippen LogP contribution is -2.78. The molecule has 0 saturated carbocycles. The second-order valence-corrected chi connectivity index (χ2v) is 7.47. The smallest absolute Gasteiger partial charge is 0.353 e. The zero-order chi connectivity index (χ0) is 17.6. The fourth-order valence-electron chi connectivity index (χ4n) is 1.97. The maximum absolute atomic E-state index is 12.4. The third kappa shape index (κ3) is 4.87. The van der Waals surface area contributed by atoms with Gasteiger partial charge in [0.25, 0.3) is 5.84 Å². The van der Waals surface area contributed by atoms with E-state index in [4.69, 9.17) is 17.0 Å². The number of amidine groups is 1. The van der Waals surface area contributed by atoms with Crippen LogP contribution in [-0.2, 0) is 14.6 Å². The number of sulfone groups is 1. The summed E-state index contributed by atoms with van der Waals surface area (Å²) in [6.07, 6.45) is 0.